The SMILES string of the molecule is CSc1ccccc1C(=O)N1CCCCC(c2ccc(F)cc2)C1. The molecule has 126 valence electrons. The first-order valence-corrected chi connectivity index (χ1v) is 9.59. The summed E-state index contributed by atoms with van der Waals surface area (Å²) in [7, 11) is 0. The third-order valence-corrected chi connectivity index (χ3v) is 5.43. The van der Waals surface area contributed by atoms with Crippen LogP contribution in [0.1, 0.15) is 41.1 Å². The highest BCUT2D eigenvalue weighted by Gasteiger charge is 2.25. The molecule has 4 heteroatoms. The fraction of sp³-hybridized carbons (Fsp3) is 0.350. The van der Waals surface area contributed by atoms with Crippen LogP contribution in [0, 0.1) is 5.82 Å². The number of hydrogen-bond acceptors (Lipinski definition) is 2. The molecule has 2 aromatic rings. The van der Waals surface area contributed by atoms with Crippen LogP contribution in [0.15, 0.2) is 53.4 Å². The molecule has 0 bridgehead atoms. The second-order valence-corrected chi connectivity index (χ2v) is 7.04. The van der Waals surface area contributed by atoms with Crippen LogP contribution >= 0.6 is 11.8 Å². The van der Waals surface area contributed by atoms with Gasteiger partial charge in [0.1, 0.15) is 5.82 Å². The molecule has 2 aromatic carbocycles. The van der Waals surface area contributed by atoms with Crippen molar-refractivity contribution in [2.75, 3.05) is 19.3 Å². The highest BCUT2D eigenvalue weighted by molar-refractivity contribution is 7.98. The van der Waals surface area contributed by atoms with E-state index in [-0.39, 0.29) is 17.6 Å². The number of likely N-dealkylation sites (tertiary alicyclic amines) is 1. The summed E-state index contributed by atoms with van der Waals surface area (Å²) in [4.78, 5) is 16.0. The van der Waals surface area contributed by atoms with Gasteiger partial charge in [0.25, 0.3) is 5.91 Å². The van der Waals surface area contributed by atoms with E-state index in [1.807, 2.05) is 47.6 Å². The van der Waals surface area contributed by atoms with Crippen molar-refractivity contribution in [1.82, 2.24) is 4.90 Å². The maximum atomic E-state index is 13.2. The van der Waals surface area contributed by atoms with Gasteiger partial charge in [0.15, 0.2) is 0 Å². The van der Waals surface area contributed by atoms with E-state index in [1.165, 1.54) is 12.1 Å². The minimum absolute atomic E-state index is 0.106. The number of rotatable bonds is 3. The Morgan fingerprint density at radius 2 is 1.88 bits per heavy atom. The molecule has 3 rings (SSSR count). The van der Waals surface area contributed by atoms with Crippen molar-refractivity contribution < 1.29 is 9.18 Å². The van der Waals surface area contributed by atoms with Gasteiger partial charge >= 0.3 is 0 Å². The van der Waals surface area contributed by atoms with Gasteiger partial charge in [-0.1, -0.05) is 30.7 Å². The summed E-state index contributed by atoms with van der Waals surface area (Å²) in [5, 5.41) is 0. The lowest BCUT2D eigenvalue weighted by Gasteiger charge is -2.25. The number of nitrogens with zero attached hydrogens (tertiary/aromatic N) is 1. The summed E-state index contributed by atoms with van der Waals surface area (Å²) in [6.45, 7) is 1.49. The number of amides is 1. The van der Waals surface area contributed by atoms with E-state index >= 15 is 0 Å². The summed E-state index contributed by atoms with van der Waals surface area (Å²) in [5.41, 5.74) is 1.90. The van der Waals surface area contributed by atoms with Gasteiger partial charge in [-0.3, -0.25) is 4.79 Å². The smallest absolute Gasteiger partial charge is 0.255 e. The first-order chi connectivity index (χ1) is 11.7. The largest absolute Gasteiger partial charge is 0.338 e. The van der Waals surface area contributed by atoms with Gasteiger partial charge in [0.2, 0.25) is 0 Å². The Balaban J connectivity index is 1.82. The minimum Gasteiger partial charge on any atom is -0.338 e. The van der Waals surface area contributed by atoms with Crippen LogP contribution in [0.3, 0.4) is 0 Å². The maximum absolute atomic E-state index is 13.2. The topological polar surface area (TPSA) is 20.3 Å². The van der Waals surface area contributed by atoms with Gasteiger partial charge < -0.3 is 4.90 Å². The van der Waals surface area contributed by atoms with Gasteiger partial charge in [0.05, 0.1) is 5.56 Å². The maximum Gasteiger partial charge on any atom is 0.255 e. The monoisotopic (exact) mass is 343 g/mol. The first kappa shape index (κ1) is 17.0. The Morgan fingerprint density at radius 1 is 1.12 bits per heavy atom. The molecule has 1 fully saturated rings. The normalized spacial score (nSPS) is 18.2. The van der Waals surface area contributed by atoms with E-state index in [1.54, 1.807) is 11.8 Å². The second-order valence-electron chi connectivity index (χ2n) is 6.20. The molecule has 1 aliphatic rings. The molecule has 0 radical (unpaired) electrons. The number of hydrogen-bond donors (Lipinski definition) is 0. The Bertz CT molecular complexity index is 701. The van der Waals surface area contributed by atoms with Gasteiger partial charge in [0, 0.05) is 23.9 Å². The van der Waals surface area contributed by atoms with E-state index in [0.29, 0.717) is 6.54 Å². The molecule has 0 saturated carbocycles. The highest BCUT2D eigenvalue weighted by Crippen LogP contribution is 2.29. The van der Waals surface area contributed by atoms with Crippen molar-refractivity contribution in [1.29, 1.82) is 0 Å². The van der Waals surface area contributed by atoms with Crippen molar-refractivity contribution in [2.24, 2.45) is 0 Å². The summed E-state index contributed by atoms with van der Waals surface area (Å²) >= 11 is 1.60. The Kier molecular flexibility index (Phi) is 5.56. The van der Waals surface area contributed by atoms with Gasteiger partial charge in [-0.25, -0.2) is 4.39 Å². The molecule has 0 aliphatic carbocycles. The molecule has 0 spiro atoms. The Morgan fingerprint density at radius 3 is 2.62 bits per heavy atom. The standard InChI is InChI=1S/C20H22FNOS/c1-24-19-8-3-2-7-18(19)20(23)22-13-5-4-6-16(14-22)15-9-11-17(21)12-10-15/h2-3,7-12,16H,4-6,13-14H2,1H3. The molecule has 2 nitrogen and oxygen atoms in total. The van der Waals surface area contributed by atoms with Crippen LogP contribution in [0.4, 0.5) is 4.39 Å². The Labute approximate surface area is 147 Å². The number of carbonyl (C=O) groups excluding carboxylic acids is 1. The molecule has 0 N–H and O–H groups in total. The third-order valence-electron chi connectivity index (χ3n) is 4.64. The van der Waals surface area contributed by atoms with Crippen LogP contribution in [0.2, 0.25) is 0 Å². The lowest BCUT2D eigenvalue weighted by Crippen LogP contribution is -2.34. The third kappa shape index (κ3) is 3.81. The lowest BCUT2D eigenvalue weighted by molar-refractivity contribution is 0.0751. The molecule has 1 saturated heterocycles. The van der Waals surface area contributed by atoms with Crippen LogP contribution < -0.4 is 0 Å². The Hall–Kier alpha value is -1.81. The summed E-state index contributed by atoms with van der Waals surface area (Å²) in [6.07, 6.45) is 5.15. The molecule has 1 heterocycles. The summed E-state index contributed by atoms with van der Waals surface area (Å²) < 4.78 is 13.2. The zero-order valence-electron chi connectivity index (χ0n) is 13.9. The second kappa shape index (κ2) is 7.84. The van der Waals surface area contributed by atoms with E-state index < -0.39 is 0 Å². The molecule has 1 atom stereocenters. The molecule has 1 amide bonds. The molecular formula is C20H22FNOS. The van der Waals surface area contributed by atoms with Crippen LogP contribution in [-0.4, -0.2) is 30.2 Å². The van der Waals surface area contributed by atoms with E-state index in [2.05, 4.69) is 0 Å². The quantitative estimate of drug-likeness (QED) is 0.734. The fourth-order valence-electron chi connectivity index (χ4n) is 3.33. The van der Waals surface area contributed by atoms with Crippen molar-refractivity contribution in [3.8, 4) is 0 Å². The number of carbonyl (C=O) groups is 1. The number of thioether (sulfide) groups is 1. The predicted octanol–water partition coefficient (Wildman–Crippen LogP) is 4.96. The molecule has 1 unspecified atom stereocenters. The number of halogens is 1. The highest BCUT2D eigenvalue weighted by atomic mass is 32.2. The van der Waals surface area contributed by atoms with Crippen molar-refractivity contribution in [3.05, 3.63) is 65.5 Å². The molecular weight excluding hydrogens is 321 g/mol. The van der Waals surface area contributed by atoms with Gasteiger partial charge in [-0.2, -0.15) is 0 Å². The van der Waals surface area contributed by atoms with E-state index in [0.717, 1.165) is 41.8 Å². The van der Waals surface area contributed by atoms with Crippen molar-refractivity contribution in [2.45, 2.75) is 30.1 Å². The van der Waals surface area contributed by atoms with Crippen LogP contribution in [0.25, 0.3) is 0 Å². The molecule has 1 aliphatic heterocycles. The zero-order valence-corrected chi connectivity index (χ0v) is 14.7. The first-order valence-electron chi connectivity index (χ1n) is 8.37. The predicted molar refractivity (Wildman–Crippen MR) is 97.1 cm³/mol. The molecule has 24 heavy (non-hydrogen) atoms. The fourth-order valence-corrected chi connectivity index (χ4v) is 3.92. The van der Waals surface area contributed by atoms with E-state index in [9.17, 15) is 9.18 Å². The van der Waals surface area contributed by atoms with Crippen LogP contribution in [0.5, 0.6) is 0 Å². The van der Waals surface area contributed by atoms with Crippen molar-refractivity contribution >= 4 is 17.7 Å². The lowest BCUT2D eigenvalue weighted by atomic mass is 9.94. The van der Waals surface area contributed by atoms with Gasteiger partial charge in [-0.15, -0.1) is 11.8 Å². The van der Waals surface area contributed by atoms with E-state index in [4.69, 9.17) is 0 Å². The van der Waals surface area contributed by atoms with Gasteiger partial charge in [-0.05, 0) is 48.9 Å². The number of benzene rings is 2. The van der Waals surface area contributed by atoms with Crippen LogP contribution in [-0.2, 0) is 0 Å². The molecule has 0 aromatic heterocycles. The summed E-state index contributed by atoms with van der Waals surface area (Å²) in [6, 6.07) is 14.5. The van der Waals surface area contributed by atoms with Crippen molar-refractivity contribution in [3.63, 3.8) is 0 Å². The zero-order chi connectivity index (χ0) is 16.9. The average Bonchev–Trinajstić information content (AvgIpc) is 2.88. The minimum atomic E-state index is -0.214. The summed E-state index contributed by atoms with van der Waals surface area (Å²) in [5.74, 6) is 0.168. The average molecular weight is 343 g/mol.